The Morgan fingerprint density at radius 1 is 1.29 bits per heavy atom. The molecule has 0 unspecified atom stereocenters. The van der Waals surface area contributed by atoms with Crippen LogP contribution in [0.3, 0.4) is 0 Å². The molecule has 1 amide bonds. The fourth-order valence-corrected chi connectivity index (χ4v) is 4.65. The second-order valence-corrected chi connectivity index (χ2v) is 8.46. The third-order valence-electron chi connectivity index (χ3n) is 6.25. The van der Waals surface area contributed by atoms with Crippen molar-refractivity contribution in [3.63, 3.8) is 0 Å². The van der Waals surface area contributed by atoms with Gasteiger partial charge in [0.1, 0.15) is 23.0 Å². The van der Waals surface area contributed by atoms with Gasteiger partial charge < -0.3 is 20.9 Å². The monoisotopic (exact) mass is 474 g/mol. The number of nitrogens with zero attached hydrogens (tertiary/aromatic N) is 6. The van der Waals surface area contributed by atoms with Gasteiger partial charge in [-0.1, -0.05) is 5.92 Å². The zero-order valence-corrected chi connectivity index (χ0v) is 19.6. The van der Waals surface area contributed by atoms with Crippen LogP contribution in [0.15, 0.2) is 27.9 Å². The summed E-state index contributed by atoms with van der Waals surface area (Å²) in [7, 11) is 1.48. The number of nitriles is 1. The number of hydrogen-bond acceptors (Lipinski definition) is 7. The predicted octanol–water partition coefficient (Wildman–Crippen LogP) is -0.134. The molecule has 0 saturated carbocycles. The molecule has 1 aliphatic heterocycles. The van der Waals surface area contributed by atoms with E-state index >= 15 is 0 Å². The van der Waals surface area contributed by atoms with E-state index in [1.165, 1.54) is 17.8 Å². The highest BCUT2D eigenvalue weighted by atomic mass is 16.2. The molecule has 35 heavy (non-hydrogen) atoms. The van der Waals surface area contributed by atoms with Gasteiger partial charge >= 0.3 is 5.69 Å². The van der Waals surface area contributed by atoms with Crippen molar-refractivity contribution in [1.82, 2.24) is 18.7 Å². The summed E-state index contributed by atoms with van der Waals surface area (Å²) < 4.78 is 3.90. The van der Waals surface area contributed by atoms with Crippen LogP contribution in [0.5, 0.6) is 0 Å². The van der Waals surface area contributed by atoms with Crippen LogP contribution in [0.2, 0.25) is 0 Å². The first-order valence-corrected chi connectivity index (χ1v) is 11.2. The Morgan fingerprint density at radius 3 is 2.71 bits per heavy atom. The highest BCUT2D eigenvalue weighted by Gasteiger charge is 2.32. The number of carbonyl (C=O) groups is 1. The third kappa shape index (κ3) is 4.07. The van der Waals surface area contributed by atoms with Gasteiger partial charge in [0.2, 0.25) is 0 Å². The van der Waals surface area contributed by atoms with E-state index in [0.29, 0.717) is 18.9 Å². The van der Waals surface area contributed by atoms with Crippen molar-refractivity contribution in [2.45, 2.75) is 38.9 Å². The van der Waals surface area contributed by atoms with Crippen molar-refractivity contribution in [2.75, 3.05) is 18.0 Å². The number of aromatic nitrogens is 4. The third-order valence-corrected chi connectivity index (χ3v) is 6.25. The second-order valence-electron chi connectivity index (χ2n) is 8.46. The van der Waals surface area contributed by atoms with Crippen LogP contribution in [0.25, 0.3) is 11.0 Å². The Balaban J connectivity index is 2.08. The summed E-state index contributed by atoms with van der Waals surface area (Å²) >= 11 is 0. The normalized spacial score (nSPS) is 15.5. The lowest BCUT2D eigenvalue weighted by molar-refractivity contribution is 0.100. The van der Waals surface area contributed by atoms with Gasteiger partial charge in [-0.25, -0.2) is 4.79 Å². The fourth-order valence-electron chi connectivity index (χ4n) is 4.65. The minimum Gasteiger partial charge on any atom is -0.365 e. The number of anilines is 1. The summed E-state index contributed by atoms with van der Waals surface area (Å²) in [4.78, 5) is 46.0. The lowest BCUT2D eigenvalue weighted by Crippen LogP contribution is -2.44. The molecule has 0 radical (unpaired) electrons. The van der Waals surface area contributed by atoms with Crippen LogP contribution < -0.4 is 27.6 Å². The van der Waals surface area contributed by atoms with Gasteiger partial charge in [-0.2, -0.15) is 5.26 Å². The highest BCUT2D eigenvalue weighted by molar-refractivity contribution is 6.10. The minimum absolute atomic E-state index is 0.0893. The van der Waals surface area contributed by atoms with E-state index in [1.807, 2.05) is 11.0 Å². The first-order chi connectivity index (χ1) is 16.8. The molecule has 4 heterocycles. The quantitative estimate of drug-likeness (QED) is 0.487. The molecule has 1 saturated heterocycles. The Hall–Kier alpha value is -4.35. The van der Waals surface area contributed by atoms with Crippen molar-refractivity contribution in [3.8, 4) is 17.9 Å². The number of aryl methyl sites for hydroxylation is 1. The molecule has 180 valence electrons. The maximum Gasteiger partial charge on any atom is 0.331 e. The number of nitrogens with two attached hydrogens (primary N) is 2. The first-order valence-electron chi connectivity index (χ1n) is 11.2. The van der Waals surface area contributed by atoms with Gasteiger partial charge in [-0.15, -0.1) is 5.92 Å². The van der Waals surface area contributed by atoms with Crippen LogP contribution in [-0.4, -0.2) is 43.7 Å². The number of primary amides is 1. The van der Waals surface area contributed by atoms with Crippen LogP contribution >= 0.6 is 0 Å². The molecule has 0 bridgehead atoms. The number of amides is 1. The number of piperidine rings is 1. The van der Waals surface area contributed by atoms with Crippen LogP contribution in [0.4, 0.5) is 5.82 Å². The molecule has 1 fully saturated rings. The molecule has 0 spiro atoms. The van der Waals surface area contributed by atoms with Gasteiger partial charge in [-0.3, -0.25) is 23.7 Å². The number of pyridine rings is 1. The molecule has 11 nitrogen and oxygen atoms in total. The largest absolute Gasteiger partial charge is 0.365 e. The zero-order valence-electron chi connectivity index (χ0n) is 19.6. The highest BCUT2D eigenvalue weighted by Crippen LogP contribution is 2.32. The molecular weight excluding hydrogens is 448 g/mol. The Kier molecular flexibility index (Phi) is 6.45. The predicted molar refractivity (Wildman–Crippen MR) is 131 cm³/mol. The van der Waals surface area contributed by atoms with Gasteiger partial charge in [-0.05, 0) is 31.9 Å². The molecule has 4 rings (SSSR count). The Morgan fingerprint density at radius 2 is 2.06 bits per heavy atom. The Bertz CT molecular complexity index is 1540. The first kappa shape index (κ1) is 23.8. The lowest BCUT2D eigenvalue weighted by atomic mass is 10.1. The molecule has 11 heteroatoms. The van der Waals surface area contributed by atoms with E-state index in [-0.39, 0.29) is 47.0 Å². The molecule has 1 atom stereocenters. The summed E-state index contributed by atoms with van der Waals surface area (Å²) in [6, 6.07) is 5.10. The topological polar surface area (TPSA) is 158 Å². The number of hydrogen-bond donors (Lipinski definition) is 2. The van der Waals surface area contributed by atoms with Gasteiger partial charge in [0, 0.05) is 32.4 Å². The SMILES string of the molecule is CC#CCn1c(N2CCC[C@@H](N)C2)c(C(N)=O)c2c1c(=O)n(Cc1ncccc1C#N)c(=O)n2C. The maximum absolute atomic E-state index is 13.8. The van der Waals surface area contributed by atoms with Gasteiger partial charge in [0.05, 0.1) is 29.9 Å². The molecule has 3 aromatic rings. The average Bonchev–Trinajstić information content (AvgIpc) is 3.20. The summed E-state index contributed by atoms with van der Waals surface area (Å²) in [6.07, 6.45) is 3.14. The van der Waals surface area contributed by atoms with E-state index < -0.39 is 17.2 Å². The molecule has 3 aromatic heterocycles. The number of rotatable bonds is 5. The number of carbonyl (C=O) groups excluding carboxylic acids is 1. The van der Waals surface area contributed by atoms with Crippen molar-refractivity contribution in [2.24, 2.45) is 18.5 Å². The van der Waals surface area contributed by atoms with Gasteiger partial charge in [0.25, 0.3) is 11.5 Å². The summed E-state index contributed by atoms with van der Waals surface area (Å²) in [5.74, 6) is 5.46. The smallest absolute Gasteiger partial charge is 0.331 e. The van der Waals surface area contributed by atoms with E-state index in [0.717, 1.165) is 17.4 Å². The molecule has 0 aromatic carbocycles. The molecule has 0 aliphatic carbocycles. The van der Waals surface area contributed by atoms with E-state index in [9.17, 15) is 19.6 Å². The number of fused-ring (bicyclic) bond motifs is 1. The average molecular weight is 475 g/mol. The van der Waals surface area contributed by atoms with Crippen molar-refractivity contribution < 1.29 is 4.79 Å². The van der Waals surface area contributed by atoms with E-state index in [4.69, 9.17) is 11.5 Å². The summed E-state index contributed by atoms with van der Waals surface area (Å²) in [6.45, 7) is 2.67. The standard InChI is InChI=1S/C24H26N8O3/c1-3-4-11-31-20-19(18(21(27)33)22(31)30-10-6-8-16(26)13-30)29(2)24(35)32(23(20)34)14-17-15(12-25)7-5-9-28-17/h5,7,9,16H,6,8,10-11,13-14,26H2,1-2H3,(H2,27,33)/t16-/m1/s1. The molecule has 1 aliphatic rings. The van der Waals surface area contributed by atoms with Crippen molar-refractivity contribution in [3.05, 3.63) is 56.0 Å². The van der Waals surface area contributed by atoms with E-state index in [1.54, 1.807) is 23.6 Å². The second kappa shape index (κ2) is 9.49. The molecule has 4 N–H and O–H groups in total. The lowest BCUT2D eigenvalue weighted by Gasteiger charge is -2.33. The van der Waals surface area contributed by atoms with E-state index in [2.05, 4.69) is 16.8 Å². The summed E-state index contributed by atoms with van der Waals surface area (Å²) in [5, 5.41) is 9.42. The summed E-state index contributed by atoms with van der Waals surface area (Å²) in [5.41, 5.74) is 11.7. The maximum atomic E-state index is 13.8. The van der Waals surface area contributed by atoms with Crippen LogP contribution in [0, 0.1) is 23.2 Å². The van der Waals surface area contributed by atoms with Crippen LogP contribution in [-0.2, 0) is 20.1 Å². The zero-order chi connectivity index (χ0) is 25.3. The van der Waals surface area contributed by atoms with Crippen molar-refractivity contribution >= 4 is 22.8 Å². The van der Waals surface area contributed by atoms with Crippen LogP contribution in [0.1, 0.15) is 41.4 Å². The van der Waals surface area contributed by atoms with Gasteiger partial charge in [0.15, 0.2) is 0 Å². The van der Waals surface area contributed by atoms with Crippen molar-refractivity contribution in [1.29, 1.82) is 5.26 Å². The Labute approximate surface area is 201 Å². The molecular formula is C24H26N8O3. The fraction of sp³-hybridized carbons (Fsp3) is 0.375. The minimum atomic E-state index is -0.754.